The highest BCUT2D eigenvalue weighted by Gasteiger charge is 2.06. The molecule has 0 bridgehead atoms. The Hall–Kier alpha value is -1.55. The Morgan fingerprint density at radius 1 is 1.32 bits per heavy atom. The fourth-order valence-corrected chi connectivity index (χ4v) is 1.66. The lowest BCUT2D eigenvalue weighted by Crippen LogP contribution is -2.35. The van der Waals surface area contributed by atoms with Gasteiger partial charge in [0.15, 0.2) is 6.61 Å². The van der Waals surface area contributed by atoms with E-state index in [1.807, 2.05) is 45.0 Å². The number of rotatable bonds is 7. The summed E-state index contributed by atoms with van der Waals surface area (Å²) in [4.78, 5) is 11.5. The monoisotopic (exact) mass is 264 g/mol. The Morgan fingerprint density at radius 2 is 1.95 bits per heavy atom. The van der Waals surface area contributed by atoms with E-state index in [1.54, 1.807) is 0 Å². The van der Waals surface area contributed by atoms with Crippen molar-refractivity contribution < 1.29 is 9.53 Å². The van der Waals surface area contributed by atoms with Crippen LogP contribution in [0.15, 0.2) is 24.3 Å². The minimum atomic E-state index is -0.0889. The van der Waals surface area contributed by atoms with Gasteiger partial charge in [0.2, 0.25) is 0 Å². The highest BCUT2D eigenvalue weighted by Crippen LogP contribution is 2.13. The molecule has 0 heterocycles. The first kappa shape index (κ1) is 15.5. The van der Waals surface area contributed by atoms with Crippen molar-refractivity contribution in [1.29, 1.82) is 0 Å². The van der Waals surface area contributed by atoms with Crippen LogP contribution in [0.3, 0.4) is 0 Å². The van der Waals surface area contributed by atoms with Crippen LogP contribution in [0.4, 0.5) is 0 Å². The lowest BCUT2D eigenvalue weighted by molar-refractivity contribution is -0.123. The molecule has 0 aliphatic rings. The molecule has 4 nitrogen and oxygen atoms in total. The SMILES string of the molecule is CCC(C)NC(=O)COc1ccc(CC(C)N)cc1. The normalized spacial score (nSPS) is 13.7. The number of nitrogens with one attached hydrogen (secondary N) is 1. The van der Waals surface area contributed by atoms with E-state index in [-0.39, 0.29) is 24.6 Å². The number of carbonyl (C=O) groups excluding carboxylic acids is 1. The lowest BCUT2D eigenvalue weighted by Gasteiger charge is -2.12. The van der Waals surface area contributed by atoms with Crippen molar-refractivity contribution in [2.45, 2.75) is 45.7 Å². The van der Waals surface area contributed by atoms with Crippen LogP contribution in [0.1, 0.15) is 32.8 Å². The quantitative estimate of drug-likeness (QED) is 0.790. The molecule has 0 aliphatic heterocycles. The van der Waals surface area contributed by atoms with Gasteiger partial charge in [-0.3, -0.25) is 4.79 Å². The van der Waals surface area contributed by atoms with Gasteiger partial charge < -0.3 is 15.8 Å². The molecule has 1 rings (SSSR count). The summed E-state index contributed by atoms with van der Waals surface area (Å²) in [6.07, 6.45) is 1.76. The van der Waals surface area contributed by atoms with Crippen LogP contribution in [0, 0.1) is 0 Å². The smallest absolute Gasteiger partial charge is 0.258 e. The highest BCUT2D eigenvalue weighted by atomic mass is 16.5. The molecule has 1 aromatic rings. The third-order valence-corrected chi connectivity index (χ3v) is 2.87. The summed E-state index contributed by atoms with van der Waals surface area (Å²) in [5, 5.41) is 2.86. The van der Waals surface area contributed by atoms with Gasteiger partial charge in [0.05, 0.1) is 0 Å². The number of hydrogen-bond donors (Lipinski definition) is 2. The summed E-state index contributed by atoms with van der Waals surface area (Å²) in [5.74, 6) is 0.613. The van der Waals surface area contributed by atoms with E-state index in [4.69, 9.17) is 10.5 Å². The second-order valence-corrected chi connectivity index (χ2v) is 4.99. The molecule has 0 saturated carbocycles. The predicted octanol–water partition coefficient (Wildman–Crippen LogP) is 1.87. The highest BCUT2D eigenvalue weighted by molar-refractivity contribution is 5.77. The van der Waals surface area contributed by atoms with E-state index >= 15 is 0 Å². The largest absolute Gasteiger partial charge is 0.484 e. The molecule has 19 heavy (non-hydrogen) atoms. The number of nitrogens with two attached hydrogens (primary N) is 1. The van der Waals surface area contributed by atoms with Gasteiger partial charge in [-0.25, -0.2) is 0 Å². The molecule has 1 aromatic carbocycles. The van der Waals surface area contributed by atoms with Gasteiger partial charge in [-0.1, -0.05) is 19.1 Å². The molecule has 0 saturated heterocycles. The first-order chi connectivity index (χ1) is 9.01. The second kappa shape index (κ2) is 7.79. The molecule has 106 valence electrons. The number of benzene rings is 1. The molecule has 0 spiro atoms. The molecule has 1 amide bonds. The topological polar surface area (TPSA) is 64.3 Å². The van der Waals surface area contributed by atoms with Crippen molar-refractivity contribution in [1.82, 2.24) is 5.32 Å². The maximum absolute atomic E-state index is 11.5. The minimum Gasteiger partial charge on any atom is -0.484 e. The standard InChI is InChI=1S/C15H24N2O2/c1-4-12(3)17-15(18)10-19-14-7-5-13(6-8-14)9-11(2)16/h5-8,11-12H,4,9-10,16H2,1-3H3,(H,17,18). The van der Waals surface area contributed by atoms with Crippen LogP contribution in [0.2, 0.25) is 0 Å². The van der Waals surface area contributed by atoms with Gasteiger partial charge >= 0.3 is 0 Å². The first-order valence-corrected chi connectivity index (χ1v) is 6.78. The fourth-order valence-electron chi connectivity index (χ4n) is 1.66. The Bertz CT molecular complexity index is 388. The average molecular weight is 264 g/mol. The zero-order valence-electron chi connectivity index (χ0n) is 12.0. The van der Waals surface area contributed by atoms with Crippen molar-refractivity contribution >= 4 is 5.91 Å². The molecule has 0 aromatic heterocycles. The van der Waals surface area contributed by atoms with Crippen molar-refractivity contribution in [2.24, 2.45) is 5.73 Å². The molecular weight excluding hydrogens is 240 g/mol. The molecule has 2 atom stereocenters. The van der Waals surface area contributed by atoms with Crippen LogP contribution in [0.5, 0.6) is 5.75 Å². The maximum atomic E-state index is 11.5. The molecular formula is C15H24N2O2. The summed E-state index contributed by atoms with van der Waals surface area (Å²) >= 11 is 0. The van der Waals surface area contributed by atoms with E-state index in [1.165, 1.54) is 5.56 Å². The third kappa shape index (κ3) is 6.25. The van der Waals surface area contributed by atoms with Crippen molar-refractivity contribution in [3.05, 3.63) is 29.8 Å². The molecule has 2 unspecified atom stereocenters. The fraction of sp³-hybridized carbons (Fsp3) is 0.533. The Kier molecular flexibility index (Phi) is 6.36. The minimum absolute atomic E-state index is 0.0526. The zero-order chi connectivity index (χ0) is 14.3. The molecule has 0 fully saturated rings. The molecule has 3 N–H and O–H groups in total. The van der Waals surface area contributed by atoms with Crippen LogP contribution in [0.25, 0.3) is 0 Å². The Labute approximate surface area is 115 Å². The summed E-state index contributed by atoms with van der Waals surface area (Å²) in [7, 11) is 0. The third-order valence-electron chi connectivity index (χ3n) is 2.87. The summed E-state index contributed by atoms with van der Waals surface area (Å²) in [6, 6.07) is 8.02. The van der Waals surface area contributed by atoms with Crippen LogP contribution in [-0.2, 0) is 11.2 Å². The van der Waals surface area contributed by atoms with Crippen molar-refractivity contribution in [3.63, 3.8) is 0 Å². The Morgan fingerprint density at radius 3 is 2.47 bits per heavy atom. The molecule has 0 aliphatic carbocycles. The number of hydrogen-bond acceptors (Lipinski definition) is 3. The van der Waals surface area contributed by atoms with E-state index in [9.17, 15) is 4.79 Å². The number of ether oxygens (including phenoxy) is 1. The van der Waals surface area contributed by atoms with Crippen molar-refractivity contribution in [2.75, 3.05) is 6.61 Å². The van der Waals surface area contributed by atoms with Gasteiger partial charge in [0.25, 0.3) is 5.91 Å². The average Bonchev–Trinajstić information content (AvgIpc) is 2.37. The zero-order valence-corrected chi connectivity index (χ0v) is 12.0. The van der Waals surface area contributed by atoms with Gasteiger partial charge in [-0.15, -0.1) is 0 Å². The van der Waals surface area contributed by atoms with Crippen molar-refractivity contribution in [3.8, 4) is 5.75 Å². The van der Waals surface area contributed by atoms with Gasteiger partial charge in [-0.05, 0) is 44.4 Å². The Balaban J connectivity index is 2.39. The van der Waals surface area contributed by atoms with E-state index in [0.717, 1.165) is 12.8 Å². The van der Waals surface area contributed by atoms with Crippen LogP contribution >= 0.6 is 0 Å². The summed E-state index contributed by atoms with van der Waals surface area (Å²) in [6.45, 7) is 6.03. The second-order valence-electron chi connectivity index (χ2n) is 4.99. The maximum Gasteiger partial charge on any atom is 0.258 e. The van der Waals surface area contributed by atoms with E-state index < -0.39 is 0 Å². The first-order valence-electron chi connectivity index (χ1n) is 6.78. The van der Waals surface area contributed by atoms with E-state index in [0.29, 0.717) is 5.75 Å². The van der Waals surface area contributed by atoms with Crippen LogP contribution < -0.4 is 15.8 Å². The predicted molar refractivity (Wildman–Crippen MR) is 77.2 cm³/mol. The molecule has 0 radical (unpaired) electrons. The van der Waals surface area contributed by atoms with Gasteiger partial charge in [0.1, 0.15) is 5.75 Å². The van der Waals surface area contributed by atoms with Gasteiger partial charge in [0, 0.05) is 12.1 Å². The van der Waals surface area contributed by atoms with E-state index in [2.05, 4.69) is 5.32 Å². The summed E-state index contributed by atoms with van der Waals surface area (Å²) < 4.78 is 5.43. The number of carbonyl (C=O) groups is 1. The van der Waals surface area contributed by atoms with Crippen LogP contribution in [-0.4, -0.2) is 24.6 Å². The lowest BCUT2D eigenvalue weighted by atomic mass is 10.1. The molecule has 4 heteroatoms. The summed E-state index contributed by atoms with van der Waals surface area (Å²) in [5.41, 5.74) is 6.91. The number of amides is 1. The van der Waals surface area contributed by atoms with Gasteiger partial charge in [-0.2, -0.15) is 0 Å².